The number of anilines is 1. The number of carbonyl (C=O) groups excluding carboxylic acids is 1. The lowest BCUT2D eigenvalue weighted by Gasteiger charge is -2.30. The zero-order valence-electron chi connectivity index (χ0n) is 20.1. The molecule has 1 aromatic carbocycles. The summed E-state index contributed by atoms with van der Waals surface area (Å²) in [5.74, 6) is -0.821. The molecule has 4 N–H and O–H groups in total. The van der Waals surface area contributed by atoms with Crippen LogP contribution in [0.5, 0.6) is 0 Å². The lowest BCUT2D eigenvalue weighted by Crippen LogP contribution is -2.50. The Morgan fingerprint density at radius 2 is 1.86 bits per heavy atom. The van der Waals surface area contributed by atoms with Crippen molar-refractivity contribution < 1.29 is 23.8 Å². The number of rotatable bonds is 5. The van der Waals surface area contributed by atoms with E-state index in [1.807, 2.05) is 0 Å². The van der Waals surface area contributed by atoms with Gasteiger partial charge in [0.05, 0.1) is 22.1 Å². The first kappa shape index (κ1) is 25.6. The Kier molecular flexibility index (Phi) is 6.78. The van der Waals surface area contributed by atoms with E-state index in [0.29, 0.717) is 17.6 Å². The van der Waals surface area contributed by atoms with Crippen molar-refractivity contribution in [3.05, 3.63) is 37.7 Å². The van der Waals surface area contributed by atoms with Gasteiger partial charge in [-0.25, -0.2) is 28.9 Å². The SMILES string of the molecule is CC(C)(C)OC(=O)NC1CCN(c2c(F)cc3c(=O)n(NC(=O)O)c(=O)n(NC4CCC4)c3c2Cl)C1. The zero-order valence-corrected chi connectivity index (χ0v) is 20.8. The number of aromatic nitrogens is 2. The summed E-state index contributed by atoms with van der Waals surface area (Å²) in [7, 11) is 0. The highest BCUT2D eigenvalue weighted by Gasteiger charge is 2.32. The van der Waals surface area contributed by atoms with E-state index in [-0.39, 0.29) is 40.2 Å². The molecule has 14 heteroatoms. The van der Waals surface area contributed by atoms with E-state index in [0.717, 1.165) is 30.0 Å². The van der Waals surface area contributed by atoms with Gasteiger partial charge in [0.1, 0.15) is 16.9 Å². The van der Waals surface area contributed by atoms with Crippen LogP contribution in [0.1, 0.15) is 46.5 Å². The first-order chi connectivity index (χ1) is 16.9. The summed E-state index contributed by atoms with van der Waals surface area (Å²) in [5, 5.41) is 11.4. The number of ether oxygens (including phenoxy) is 1. The number of nitrogens with one attached hydrogen (secondary N) is 3. The third-order valence-electron chi connectivity index (χ3n) is 6.06. The van der Waals surface area contributed by atoms with Gasteiger partial charge < -0.3 is 25.5 Å². The van der Waals surface area contributed by atoms with E-state index >= 15 is 4.39 Å². The van der Waals surface area contributed by atoms with E-state index in [4.69, 9.17) is 21.4 Å². The van der Waals surface area contributed by atoms with E-state index < -0.39 is 34.9 Å². The van der Waals surface area contributed by atoms with Gasteiger partial charge in [-0.2, -0.15) is 4.68 Å². The first-order valence-corrected chi connectivity index (χ1v) is 11.9. The number of halogens is 2. The number of fused-ring (bicyclic) bond motifs is 1. The summed E-state index contributed by atoms with van der Waals surface area (Å²) < 4.78 is 21.9. The van der Waals surface area contributed by atoms with Crippen molar-refractivity contribution in [2.75, 3.05) is 28.8 Å². The van der Waals surface area contributed by atoms with Crippen LogP contribution in [0.25, 0.3) is 10.9 Å². The summed E-state index contributed by atoms with van der Waals surface area (Å²) in [4.78, 5) is 51.0. The molecule has 1 aliphatic carbocycles. The smallest absolute Gasteiger partial charge is 0.424 e. The molecule has 0 spiro atoms. The predicted molar refractivity (Wildman–Crippen MR) is 132 cm³/mol. The van der Waals surface area contributed by atoms with Crippen molar-refractivity contribution in [1.82, 2.24) is 14.7 Å². The van der Waals surface area contributed by atoms with E-state index in [2.05, 4.69) is 10.7 Å². The van der Waals surface area contributed by atoms with Gasteiger partial charge in [0.2, 0.25) is 0 Å². The number of benzene rings is 1. The third kappa shape index (κ3) is 5.06. The average molecular weight is 527 g/mol. The maximum Gasteiger partial charge on any atom is 0.424 e. The van der Waals surface area contributed by atoms with Crippen molar-refractivity contribution in [1.29, 1.82) is 0 Å². The number of hydrogen-bond donors (Lipinski definition) is 4. The molecule has 2 aromatic rings. The molecule has 2 fully saturated rings. The molecule has 2 aliphatic rings. The van der Waals surface area contributed by atoms with Crippen molar-refractivity contribution in [3.8, 4) is 0 Å². The summed E-state index contributed by atoms with van der Waals surface area (Å²) in [6.07, 6.45) is 0.719. The topological polar surface area (TPSA) is 147 Å². The van der Waals surface area contributed by atoms with Crippen molar-refractivity contribution >= 4 is 40.4 Å². The van der Waals surface area contributed by atoms with Gasteiger partial charge >= 0.3 is 17.9 Å². The second-order valence-electron chi connectivity index (χ2n) is 9.93. The maximum absolute atomic E-state index is 15.4. The monoisotopic (exact) mass is 526 g/mol. The molecule has 0 radical (unpaired) electrons. The molecule has 1 atom stereocenters. The summed E-state index contributed by atoms with van der Waals surface area (Å²) in [5.41, 5.74) is 1.92. The van der Waals surface area contributed by atoms with Gasteiger partial charge in [-0.15, -0.1) is 0 Å². The maximum atomic E-state index is 15.4. The second-order valence-corrected chi connectivity index (χ2v) is 10.3. The average Bonchev–Trinajstić information content (AvgIpc) is 3.16. The van der Waals surface area contributed by atoms with Crippen molar-refractivity contribution in [2.24, 2.45) is 0 Å². The highest BCUT2D eigenvalue weighted by atomic mass is 35.5. The summed E-state index contributed by atoms with van der Waals surface area (Å²) >= 11 is 6.64. The van der Waals surface area contributed by atoms with Crippen LogP contribution in [0.3, 0.4) is 0 Å². The number of carbonyl (C=O) groups is 2. The fourth-order valence-electron chi connectivity index (χ4n) is 4.26. The number of amides is 2. The summed E-state index contributed by atoms with van der Waals surface area (Å²) in [6.45, 7) is 5.80. The Hall–Kier alpha value is -3.48. The minimum Gasteiger partial charge on any atom is -0.464 e. The van der Waals surface area contributed by atoms with Crippen LogP contribution in [0.15, 0.2) is 15.7 Å². The highest BCUT2D eigenvalue weighted by Crippen LogP contribution is 2.36. The van der Waals surface area contributed by atoms with E-state index in [1.165, 1.54) is 0 Å². The van der Waals surface area contributed by atoms with Gasteiger partial charge in [0.25, 0.3) is 5.56 Å². The van der Waals surface area contributed by atoms with Crippen LogP contribution in [0, 0.1) is 5.82 Å². The molecule has 1 unspecified atom stereocenters. The van der Waals surface area contributed by atoms with Crippen LogP contribution >= 0.6 is 11.6 Å². The largest absolute Gasteiger partial charge is 0.464 e. The normalized spacial score (nSPS) is 18.1. The molecule has 1 aliphatic heterocycles. The van der Waals surface area contributed by atoms with Gasteiger partial charge in [0, 0.05) is 19.1 Å². The Bertz CT molecular complexity index is 1330. The number of hydrogen-bond acceptors (Lipinski definition) is 7. The van der Waals surface area contributed by atoms with Crippen LogP contribution in [-0.4, -0.2) is 57.4 Å². The second kappa shape index (κ2) is 9.52. The minimum atomic E-state index is -1.63. The van der Waals surface area contributed by atoms with Gasteiger partial charge in [-0.05, 0) is 52.5 Å². The van der Waals surface area contributed by atoms with E-state index in [9.17, 15) is 19.2 Å². The molecule has 2 amide bonds. The zero-order chi connectivity index (χ0) is 26.4. The third-order valence-corrected chi connectivity index (χ3v) is 6.42. The quantitative estimate of drug-likeness (QED) is 0.464. The van der Waals surface area contributed by atoms with Crippen LogP contribution in [-0.2, 0) is 4.74 Å². The lowest BCUT2D eigenvalue weighted by molar-refractivity contribution is 0.0509. The Morgan fingerprint density at radius 1 is 1.17 bits per heavy atom. The fourth-order valence-corrected chi connectivity index (χ4v) is 4.66. The molecule has 1 saturated heterocycles. The summed E-state index contributed by atoms with van der Waals surface area (Å²) in [6, 6.07) is 0.501. The highest BCUT2D eigenvalue weighted by molar-refractivity contribution is 6.38. The first-order valence-electron chi connectivity index (χ1n) is 11.6. The lowest BCUT2D eigenvalue weighted by atomic mass is 9.94. The number of alkyl carbamates (subject to hydrolysis) is 1. The molecule has 0 bridgehead atoms. The van der Waals surface area contributed by atoms with Crippen LogP contribution < -0.4 is 32.3 Å². The molecule has 2 heterocycles. The molecule has 36 heavy (non-hydrogen) atoms. The fraction of sp³-hybridized carbons (Fsp3) is 0.545. The Balaban J connectivity index is 1.75. The van der Waals surface area contributed by atoms with Crippen LogP contribution in [0.4, 0.5) is 19.7 Å². The minimum absolute atomic E-state index is 0.0236. The number of carboxylic acid groups (broad SMARTS) is 1. The van der Waals surface area contributed by atoms with Gasteiger partial charge in [-0.1, -0.05) is 11.6 Å². The Morgan fingerprint density at radius 3 is 2.44 bits per heavy atom. The predicted octanol–water partition coefficient (Wildman–Crippen LogP) is 2.38. The molecular formula is C22H28ClFN6O6. The molecule has 1 saturated carbocycles. The van der Waals surface area contributed by atoms with E-state index in [1.54, 1.807) is 31.1 Å². The Labute approximate surface area is 209 Å². The van der Waals surface area contributed by atoms with Crippen molar-refractivity contribution in [2.45, 2.75) is 64.1 Å². The van der Waals surface area contributed by atoms with Gasteiger partial charge in [-0.3, -0.25) is 4.79 Å². The number of nitrogens with zero attached hydrogens (tertiary/aromatic N) is 3. The molecular weight excluding hydrogens is 499 g/mol. The van der Waals surface area contributed by atoms with Gasteiger partial charge in [0.15, 0.2) is 0 Å². The van der Waals surface area contributed by atoms with Crippen molar-refractivity contribution in [3.63, 3.8) is 0 Å². The standard InChI is InChI=1S/C22H28ClFN6O6/c1-22(2,3)36-20(34)25-12-7-8-28(10-12)17-14(24)9-13-16(15(17)23)29(26-11-5-4-6-11)21(35)30(18(13)31)27-19(32)33/h9,11-12,26-27H,4-8,10H2,1-3H3,(H,25,34)(H,32,33). The van der Waals surface area contributed by atoms with Crippen LogP contribution in [0.2, 0.25) is 5.02 Å². The molecule has 12 nitrogen and oxygen atoms in total. The molecule has 196 valence electrons. The molecule has 1 aromatic heterocycles. The molecule has 4 rings (SSSR count).